The molecule has 0 spiro atoms. The van der Waals surface area contributed by atoms with Crippen molar-refractivity contribution in [2.75, 3.05) is 51.3 Å². The van der Waals surface area contributed by atoms with Crippen molar-refractivity contribution in [1.29, 1.82) is 0 Å². The van der Waals surface area contributed by atoms with Crippen LogP contribution >= 0.6 is 15.9 Å². The molecule has 4 N–H and O–H groups in total. The van der Waals surface area contributed by atoms with Gasteiger partial charge in [-0.05, 0) is 36.8 Å². The molecule has 1 unspecified atom stereocenters. The highest BCUT2D eigenvalue weighted by Crippen LogP contribution is 2.37. The van der Waals surface area contributed by atoms with Crippen LogP contribution in [0.3, 0.4) is 0 Å². The summed E-state index contributed by atoms with van der Waals surface area (Å²) in [6, 6.07) is 5.72. The smallest absolute Gasteiger partial charge is 0.256 e. The highest BCUT2D eigenvalue weighted by atomic mass is 79.9. The van der Waals surface area contributed by atoms with E-state index < -0.39 is 12.3 Å². The van der Waals surface area contributed by atoms with Crippen LogP contribution in [0.1, 0.15) is 34.3 Å². The number of nitrogens with one attached hydrogen (secondary N) is 2. The first-order valence-electron chi connectivity index (χ1n) is 11.4. The number of amides is 1. The molecule has 9 heteroatoms. The Bertz CT molecular complexity index is 1090. The SMILES string of the molecule is Cc1c(/C=C2\C(=O)Nc3ccc(Br)cc32)[nH]c2c1C(O)N(C[C@@H](O)CN1CCOCC1)CC2. The third-order valence-corrected chi connectivity index (χ3v) is 7.24. The molecule has 4 heterocycles. The van der Waals surface area contributed by atoms with Gasteiger partial charge < -0.3 is 25.3 Å². The number of β-amino-alcohol motifs (C(OH)–C–C–N with tert-alkyl or cyclic N) is 1. The highest BCUT2D eigenvalue weighted by Gasteiger charge is 2.32. The second-order valence-electron chi connectivity index (χ2n) is 8.94. The number of fused-ring (bicyclic) bond motifs is 2. The fourth-order valence-corrected chi connectivity index (χ4v) is 5.36. The molecule has 3 aliphatic rings. The molecule has 0 aliphatic carbocycles. The molecule has 2 aromatic rings. The van der Waals surface area contributed by atoms with Gasteiger partial charge in [0, 0.05) is 71.8 Å². The molecule has 1 saturated heterocycles. The van der Waals surface area contributed by atoms with Crippen LogP contribution in [0.2, 0.25) is 0 Å². The van der Waals surface area contributed by atoms with Crippen LogP contribution in [-0.4, -0.2) is 82.9 Å². The molecule has 2 atom stereocenters. The zero-order valence-electron chi connectivity index (χ0n) is 18.6. The molecule has 0 saturated carbocycles. The Morgan fingerprint density at radius 3 is 2.85 bits per heavy atom. The van der Waals surface area contributed by atoms with Crippen molar-refractivity contribution >= 4 is 39.2 Å². The van der Waals surface area contributed by atoms with E-state index in [2.05, 4.69) is 31.1 Å². The van der Waals surface area contributed by atoms with Gasteiger partial charge in [-0.3, -0.25) is 14.6 Å². The average Bonchev–Trinajstić information content (AvgIpc) is 3.27. The maximum absolute atomic E-state index is 12.6. The predicted octanol–water partition coefficient (Wildman–Crippen LogP) is 2.12. The third-order valence-electron chi connectivity index (χ3n) is 6.74. The molecular formula is C24H29BrN4O4. The zero-order valence-corrected chi connectivity index (χ0v) is 20.2. The second kappa shape index (κ2) is 9.32. The Kier molecular flexibility index (Phi) is 6.43. The summed E-state index contributed by atoms with van der Waals surface area (Å²) >= 11 is 3.48. The number of morpholine rings is 1. The van der Waals surface area contributed by atoms with E-state index in [0.717, 1.165) is 57.7 Å². The molecule has 33 heavy (non-hydrogen) atoms. The van der Waals surface area contributed by atoms with E-state index in [1.807, 2.05) is 36.1 Å². The van der Waals surface area contributed by atoms with Gasteiger partial charge in [0.05, 0.1) is 24.9 Å². The van der Waals surface area contributed by atoms with Crippen molar-refractivity contribution in [3.63, 3.8) is 0 Å². The van der Waals surface area contributed by atoms with Gasteiger partial charge in [0.25, 0.3) is 5.91 Å². The normalized spacial score (nSPS) is 23.5. The number of nitrogens with zero attached hydrogens (tertiary/aromatic N) is 2. The maximum Gasteiger partial charge on any atom is 0.256 e. The van der Waals surface area contributed by atoms with Gasteiger partial charge in [-0.1, -0.05) is 15.9 Å². The Balaban J connectivity index is 1.35. The maximum atomic E-state index is 12.6. The number of hydrogen-bond acceptors (Lipinski definition) is 6. The van der Waals surface area contributed by atoms with E-state index >= 15 is 0 Å². The summed E-state index contributed by atoms with van der Waals surface area (Å²) in [5.74, 6) is -0.136. The first kappa shape index (κ1) is 22.8. The van der Waals surface area contributed by atoms with E-state index in [1.54, 1.807) is 0 Å². The van der Waals surface area contributed by atoms with Gasteiger partial charge in [0.15, 0.2) is 0 Å². The second-order valence-corrected chi connectivity index (χ2v) is 9.86. The fraction of sp³-hybridized carbons (Fsp3) is 0.458. The predicted molar refractivity (Wildman–Crippen MR) is 130 cm³/mol. The molecule has 8 nitrogen and oxygen atoms in total. The Hall–Kier alpha value is -2.01. The van der Waals surface area contributed by atoms with Crippen LogP contribution in [0.15, 0.2) is 22.7 Å². The van der Waals surface area contributed by atoms with E-state index in [1.165, 1.54) is 0 Å². The summed E-state index contributed by atoms with van der Waals surface area (Å²) in [7, 11) is 0. The molecule has 1 aromatic carbocycles. The van der Waals surface area contributed by atoms with E-state index in [9.17, 15) is 15.0 Å². The molecule has 1 amide bonds. The van der Waals surface area contributed by atoms with Crippen molar-refractivity contribution in [1.82, 2.24) is 14.8 Å². The molecule has 5 rings (SSSR count). The number of rotatable bonds is 5. The minimum atomic E-state index is -0.796. The van der Waals surface area contributed by atoms with Crippen LogP contribution in [-0.2, 0) is 16.0 Å². The molecular weight excluding hydrogens is 488 g/mol. The largest absolute Gasteiger partial charge is 0.390 e. The minimum Gasteiger partial charge on any atom is -0.390 e. The van der Waals surface area contributed by atoms with Crippen molar-refractivity contribution in [3.05, 3.63) is 50.8 Å². The number of ether oxygens (including phenoxy) is 1. The summed E-state index contributed by atoms with van der Waals surface area (Å²) in [5, 5.41) is 24.7. The number of benzene rings is 1. The summed E-state index contributed by atoms with van der Waals surface area (Å²) in [5.41, 5.74) is 5.83. The van der Waals surface area contributed by atoms with Crippen LogP contribution < -0.4 is 5.32 Å². The minimum absolute atomic E-state index is 0.136. The lowest BCUT2D eigenvalue weighted by Gasteiger charge is -2.35. The Morgan fingerprint density at radius 1 is 1.27 bits per heavy atom. The van der Waals surface area contributed by atoms with Gasteiger partial charge in [0.2, 0.25) is 0 Å². The number of hydrogen-bond donors (Lipinski definition) is 4. The number of anilines is 1. The average molecular weight is 517 g/mol. The first-order chi connectivity index (χ1) is 15.9. The van der Waals surface area contributed by atoms with Crippen LogP contribution in [0, 0.1) is 6.92 Å². The number of aromatic amines is 1. The molecule has 3 aliphatic heterocycles. The Labute approximate surface area is 201 Å². The summed E-state index contributed by atoms with van der Waals surface area (Å²) in [4.78, 5) is 20.2. The van der Waals surface area contributed by atoms with Gasteiger partial charge in [-0.2, -0.15) is 0 Å². The molecule has 176 valence electrons. The molecule has 1 fully saturated rings. The van der Waals surface area contributed by atoms with Gasteiger partial charge in [-0.15, -0.1) is 0 Å². The van der Waals surface area contributed by atoms with Crippen molar-refractivity contribution in [2.45, 2.75) is 25.7 Å². The zero-order chi connectivity index (χ0) is 23.1. The van der Waals surface area contributed by atoms with Crippen molar-refractivity contribution in [3.8, 4) is 0 Å². The quantitative estimate of drug-likeness (QED) is 0.454. The van der Waals surface area contributed by atoms with Gasteiger partial charge >= 0.3 is 0 Å². The summed E-state index contributed by atoms with van der Waals surface area (Å²) < 4.78 is 6.28. The van der Waals surface area contributed by atoms with Gasteiger partial charge in [-0.25, -0.2) is 0 Å². The van der Waals surface area contributed by atoms with E-state index in [0.29, 0.717) is 38.4 Å². The number of aliphatic hydroxyl groups excluding tert-OH is 2. The lowest BCUT2D eigenvalue weighted by Crippen LogP contribution is -2.46. The van der Waals surface area contributed by atoms with Gasteiger partial charge in [0.1, 0.15) is 6.23 Å². The lowest BCUT2D eigenvalue weighted by atomic mass is 10.00. The summed E-state index contributed by atoms with van der Waals surface area (Å²) in [6.07, 6.45) is 1.27. The highest BCUT2D eigenvalue weighted by molar-refractivity contribution is 9.10. The molecule has 0 bridgehead atoms. The number of carbonyl (C=O) groups excluding carboxylic acids is 1. The van der Waals surface area contributed by atoms with E-state index in [4.69, 9.17) is 4.74 Å². The van der Waals surface area contributed by atoms with E-state index in [-0.39, 0.29) is 5.91 Å². The van der Waals surface area contributed by atoms with Crippen LogP contribution in [0.25, 0.3) is 11.6 Å². The first-order valence-corrected chi connectivity index (χ1v) is 12.1. The monoisotopic (exact) mass is 516 g/mol. The lowest BCUT2D eigenvalue weighted by molar-refractivity contribution is -0.110. The number of carbonyl (C=O) groups is 1. The third kappa shape index (κ3) is 4.53. The standard InChI is InChI=1S/C24H29BrN4O4/c1-14-21(11-18-17-10-15(25)2-3-19(17)27-23(18)31)26-20-4-5-29(24(32)22(14)20)13-16(30)12-28-6-8-33-9-7-28/h2-3,10-11,16,24,26,30,32H,4-9,12-13H2,1H3,(H,27,31)/b18-11-/t16-,24?/m0/s1. The Morgan fingerprint density at radius 2 is 2.06 bits per heavy atom. The molecule has 1 aromatic heterocycles. The number of aliphatic hydroxyl groups is 2. The number of halogens is 1. The van der Waals surface area contributed by atoms with Crippen LogP contribution in [0.4, 0.5) is 5.69 Å². The summed E-state index contributed by atoms with van der Waals surface area (Å²) in [6.45, 7) is 6.65. The number of H-pyrrole nitrogens is 1. The van der Waals surface area contributed by atoms with Crippen molar-refractivity contribution in [2.24, 2.45) is 0 Å². The van der Waals surface area contributed by atoms with Crippen molar-refractivity contribution < 1.29 is 19.7 Å². The fourth-order valence-electron chi connectivity index (χ4n) is 5.00. The molecule has 0 radical (unpaired) electrons. The topological polar surface area (TPSA) is 101 Å². The number of aromatic nitrogens is 1. The van der Waals surface area contributed by atoms with Crippen LogP contribution in [0.5, 0.6) is 0 Å².